The Balaban J connectivity index is 1.79. The summed E-state index contributed by atoms with van der Waals surface area (Å²) in [6, 6.07) is 4.91. The van der Waals surface area contributed by atoms with Crippen molar-refractivity contribution in [3.05, 3.63) is 41.1 Å². The number of pyridine rings is 1. The molecule has 3 aromatic rings. The van der Waals surface area contributed by atoms with Gasteiger partial charge >= 0.3 is 6.18 Å². The van der Waals surface area contributed by atoms with E-state index in [1.54, 1.807) is 19.1 Å². The smallest absolute Gasteiger partial charge is 0.418 e. The second kappa shape index (κ2) is 6.74. The Labute approximate surface area is 158 Å². The van der Waals surface area contributed by atoms with Crippen LogP contribution in [0.2, 0.25) is 0 Å². The first-order valence-electron chi connectivity index (χ1n) is 8.76. The zero-order valence-electron chi connectivity index (χ0n) is 14.9. The summed E-state index contributed by atoms with van der Waals surface area (Å²) in [6.07, 6.45) is -2.16. The van der Waals surface area contributed by atoms with Gasteiger partial charge in [-0.25, -0.2) is 4.98 Å². The maximum atomic E-state index is 13.3. The van der Waals surface area contributed by atoms with Crippen LogP contribution in [0, 0.1) is 0 Å². The lowest BCUT2D eigenvalue weighted by atomic mass is 10.0. The quantitative estimate of drug-likeness (QED) is 0.559. The van der Waals surface area contributed by atoms with Crippen LogP contribution in [0.25, 0.3) is 11.0 Å². The molecule has 2 aromatic heterocycles. The van der Waals surface area contributed by atoms with Crippen LogP contribution in [0.1, 0.15) is 28.4 Å². The Kier molecular flexibility index (Phi) is 4.37. The van der Waals surface area contributed by atoms with E-state index in [4.69, 9.17) is 4.74 Å². The fourth-order valence-corrected chi connectivity index (χ4v) is 3.42. The number of halogens is 3. The number of aromatic nitrogens is 2. The highest BCUT2D eigenvalue weighted by Gasteiger charge is 2.35. The minimum absolute atomic E-state index is 0.00215. The second-order valence-electron chi connectivity index (χ2n) is 6.36. The second-order valence-corrected chi connectivity index (χ2v) is 6.36. The van der Waals surface area contributed by atoms with Crippen LogP contribution in [0.15, 0.2) is 24.4 Å². The van der Waals surface area contributed by atoms with Crippen molar-refractivity contribution in [2.75, 3.05) is 23.8 Å². The van der Waals surface area contributed by atoms with Gasteiger partial charge in [0.15, 0.2) is 0 Å². The summed E-state index contributed by atoms with van der Waals surface area (Å²) in [5.41, 5.74) is 1.66. The van der Waals surface area contributed by atoms with Gasteiger partial charge in [0.25, 0.3) is 0 Å². The van der Waals surface area contributed by atoms with Crippen molar-refractivity contribution in [1.29, 1.82) is 0 Å². The first-order chi connectivity index (χ1) is 13.4. The van der Waals surface area contributed by atoms with Crippen molar-refractivity contribution in [2.45, 2.75) is 19.5 Å². The van der Waals surface area contributed by atoms with Crippen LogP contribution >= 0.6 is 0 Å². The molecule has 1 aliphatic rings. The first kappa shape index (κ1) is 18.1. The molecule has 0 aliphatic carbocycles. The predicted octanol–water partition coefficient (Wildman–Crippen LogP) is 4.50. The summed E-state index contributed by atoms with van der Waals surface area (Å²) in [4.78, 5) is 18.1. The molecule has 0 radical (unpaired) electrons. The fourth-order valence-electron chi connectivity index (χ4n) is 3.42. The van der Waals surface area contributed by atoms with Crippen molar-refractivity contribution in [1.82, 2.24) is 9.97 Å². The molecule has 0 amide bonds. The van der Waals surface area contributed by atoms with Gasteiger partial charge in [-0.3, -0.25) is 4.79 Å². The molecule has 1 aromatic carbocycles. The number of nitrogens with one attached hydrogen (secondary N) is 3. The number of hydrogen-bond acceptors (Lipinski definition) is 5. The number of ether oxygens (including phenoxy) is 1. The Morgan fingerprint density at radius 2 is 2.14 bits per heavy atom. The summed E-state index contributed by atoms with van der Waals surface area (Å²) in [7, 11) is 0. The van der Waals surface area contributed by atoms with Gasteiger partial charge in [0, 0.05) is 42.0 Å². The third-order valence-electron chi connectivity index (χ3n) is 4.60. The number of aldehydes is 1. The van der Waals surface area contributed by atoms with E-state index in [0.29, 0.717) is 48.1 Å². The van der Waals surface area contributed by atoms with Gasteiger partial charge in [0.05, 0.1) is 23.2 Å². The molecule has 9 heteroatoms. The molecule has 0 saturated carbocycles. The van der Waals surface area contributed by atoms with Crippen LogP contribution in [0.3, 0.4) is 0 Å². The first-order valence-corrected chi connectivity index (χ1v) is 8.76. The number of carbonyl (C=O) groups is 1. The predicted molar refractivity (Wildman–Crippen MR) is 99.6 cm³/mol. The highest BCUT2D eigenvalue weighted by molar-refractivity contribution is 5.95. The highest BCUT2D eigenvalue weighted by Crippen LogP contribution is 2.40. The van der Waals surface area contributed by atoms with Crippen molar-refractivity contribution in [3.63, 3.8) is 0 Å². The number of H-pyrrole nitrogens is 1. The maximum Gasteiger partial charge on any atom is 0.418 e. The number of nitrogens with zero attached hydrogens (tertiary/aromatic N) is 1. The Hall–Kier alpha value is -3.23. The zero-order valence-corrected chi connectivity index (χ0v) is 14.9. The molecule has 3 heterocycles. The molecule has 6 nitrogen and oxygen atoms in total. The molecule has 146 valence electrons. The van der Waals surface area contributed by atoms with Gasteiger partial charge in [-0.05, 0) is 19.1 Å². The lowest BCUT2D eigenvalue weighted by molar-refractivity contribution is -0.136. The minimum Gasteiger partial charge on any atom is -0.491 e. The SMILES string of the molecule is CCNc1cc(Nc2ccc(C=O)c3c2OCC3)nc2[nH]cc(C(F)(F)F)c12. The van der Waals surface area contributed by atoms with Crippen molar-refractivity contribution >= 4 is 34.5 Å². The van der Waals surface area contributed by atoms with Crippen LogP contribution in [-0.2, 0) is 12.6 Å². The van der Waals surface area contributed by atoms with Gasteiger partial charge in [-0.1, -0.05) is 0 Å². The Bertz CT molecular complexity index is 1060. The molecule has 0 bridgehead atoms. The van der Waals surface area contributed by atoms with Gasteiger partial charge in [0.1, 0.15) is 23.5 Å². The number of fused-ring (bicyclic) bond motifs is 2. The number of alkyl halides is 3. The molecule has 0 atom stereocenters. The lowest BCUT2D eigenvalue weighted by Crippen LogP contribution is -2.07. The van der Waals surface area contributed by atoms with E-state index in [2.05, 4.69) is 20.6 Å². The molecule has 4 rings (SSSR count). The maximum absolute atomic E-state index is 13.3. The van der Waals surface area contributed by atoms with Crippen molar-refractivity contribution < 1.29 is 22.7 Å². The minimum atomic E-state index is -4.49. The molecular formula is C19H17F3N4O2. The van der Waals surface area contributed by atoms with E-state index in [9.17, 15) is 18.0 Å². The van der Waals surface area contributed by atoms with Crippen molar-refractivity contribution in [3.8, 4) is 5.75 Å². The van der Waals surface area contributed by atoms with Crippen LogP contribution < -0.4 is 15.4 Å². The van der Waals surface area contributed by atoms with Gasteiger partial charge in [0.2, 0.25) is 0 Å². The molecule has 0 saturated heterocycles. The summed E-state index contributed by atoms with van der Waals surface area (Å²) in [6.45, 7) is 2.72. The third-order valence-corrected chi connectivity index (χ3v) is 4.60. The average molecular weight is 390 g/mol. The zero-order chi connectivity index (χ0) is 19.9. The number of hydrogen-bond donors (Lipinski definition) is 3. The highest BCUT2D eigenvalue weighted by atomic mass is 19.4. The van der Waals surface area contributed by atoms with Crippen LogP contribution in [0.5, 0.6) is 5.75 Å². The molecular weight excluding hydrogens is 373 g/mol. The van der Waals surface area contributed by atoms with Crippen molar-refractivity contribution in [2.24, 2.45) is 0 Å². The summed E-state index contributed by atoms with van der Waals surface area (Å²) >= 11 is 0. The fraction of sp³-hybridized carbons (Fsp3) is 0.263. The van der Waals surface area contributed by atoms with E-state index in [1.165, 1.54) is 6.07 Å². The molecule has 0 spiro atoms. The van der Waals surface area contributed by atoms with Crippen LogP contribution in [0.4, 0.5) is 30.4 Å². The van der Waals surface area contributed by atoms with E-state index in [1.807, 2.05) is 0 Å². The topological polar surface area (TPSA) is 79.0 Å². The molecule has 1 aliphatic heterocycles. The third kappa shape index (κ3) is 3.02. The van der Waals surface area contributed by atoms with E-state index < -0.39 is 11.7 Å². The largest absolute Gasteiger partial charge is 0.491 e. The number of rotatable bonds is 5. The van der Waals surface area contributed by atoms with E-state index in [0.717, 1.165) is 18.0 Å². The monoisotopic (exact) mass is 390 g/mol. The van der Waals surface area contributed by atoms with Gasteiger partial charge < -0.3 is 20.4 Å². The van der Waals surface area contributed by atoms with E-state index in [-0.39, 0.29) is 11.0 Å². The lowest BCUT2D eigenvalue weighted by Gasteiger charge is -2.14. The van der Waals surface area contributed by atoms with Gasteiger partial charge in [-0.2, -0.15) is 13.2 Å². The molecule has 0 fully saturated rings. The number of benzene rings is 1. The van der Waals surface area contributed by atoms with E-state index >= 15 is 0 Å². The Morgan fingerprint density at radius 1 is 1.32 bits per heavy atom. The Morgan fingerprint density at radius 3 is 2.86 bits per heavy atom. The summed E-state index contributed by atoms with van der Waals surface area (Å²) in [5, 5.41) is 6.07. The molecule has 28 heavy (non-hydrogen) atoms. The average Bonchev–Trinajstić information content (AvgIpc) is 3.29. The standard InChI is InChI=1S/C19H17F3N4O2/c1-2-23-14-7-15(26-18-16(14)12(8-24-18)19(20,21)22)25-13-4-3-10(9-27)11-5-6-28-17(11)13/h3-4,7-9H,2,5-6H2,1H3,(H3,23,24,25,26). The summed E-state index contributed by atoms with van der Waals surface area (Å²) in [5.74, 6) is 0.926. The number of aromatic amines is 1. The number of anilines is 3. The normalized spacial score (nSPS) is 13.3. The van der Waals surface area contributed by atoms with Gasteiger partial charge in [-0.15, -0.1) is 0 Å². The molecule has 3 N–H and O–H groups in total. The number of carbonyl (C=O) groups excluding carboxylic acids is 1. The summed E-state index contributed by atoms with van der Waals surface area (Å²) < 4.78 is 45.5. The van der Waals surface area contributed by atoms with Crippen LogP contribution in [-0.4, -0.2) is 29.4 Å². The molecule has 0 unspecified atom stereocenters.